The van der Waals surface area contributed by atoms with Crippen molar-refractivity contribution in [2.45, 2.75) is 6.92 Å². The van der Waals surface area contributed by atoms with Gasteiger partial charge in [0.2, 0.25) is 0 Å². The molecular formula is C17H15FO4. The van der Waals surface area contributed by atoms with Crippen LogP contribution in [0.5, 0.6) is 5.75 Å². The first kappa shape index (κ1) is 15.7. The molecule has 2 aromatic carbocycles. The third-order valence-electron chi connectivity index (χ3n) is 2.90. The zero-order valence-electron chi connectivity index (χ0n) is 12.0. The lowest BCUT2D eigenvalue weighted by Crippen LogP contribution is -2.14. The number of ketones is 1. The molecule has 0 heterocycles. The molecule has 114 valence electrons. The summed E-state index contributed by atoms with van der Waals surface area (Å²) in [6.45, 7) is 2.01. The first-order valence-electron chi connectivity index (χ1n) is 6.79. The highest BCUT2D eigenvalue weighted by Gasteiger charge is 2.12. The Labute approximate surface area is 127 Å². The third kappa shape index (κ3) is 4.15. The number of ether oxygens (including phenoxy) is 2. The fourth-order valence-corrected chi connectivity index (χ4v) is 1.79. The number of carbonyl (C=O) groups excluding carboxylic acids is 2. The van der Waals surface area contributed by atoms with Crippen LogP contribution in [0.2, 0.25) is 0 Å². The van der Waals surface area contributed by atoms with Crippen molar-refractivity contribution in [2.24, 2.45) is 0 Å². The molecule has 0 amide bonds. The molecule has 5 heteroatoms. The first-order valence-corrected chi connectivity index (χ1v) is 6.79. The Hall–Kier alpha value is -2.69. The van der Waals surface area contributed by atoms with Crippen LogP contribution < -0.4 is 4.74 Å². The summed E-state index contributed by atoms with van der Waals surface area (Å²) < 4.78 is 23.0. The summed E-state index contributed by atoms with van der Waals surface area (Å²) in [6.07, 6.45) is 0. The molecule has 0 fully saturated rings. The molecule has 0 radical (unpaired) electrons. The van der Waals surface area contributed by atoms with Gasteiger partial charge in [-0.3, -0.25) is 4.79 Å². The Kier molecular flexibility index (Phi) is 5.25. The molecule has 0 aliphatic rings. The third-order valence-corrected chi connectivity index (χ3v) is 2.90. The maximum atomic E-state index is 12.8. The van der Waals surface area contributed by atoms with Crippen molar-refractivity contribution in [1.29, 1.82) is 0 Å². The number of rotatable bonds is 6. The summed E-state index contributed by atoms with van der Waals surface area (Å²) in [7, 11) is 0. The molecule has 0 saturated heterocycles. The Bertz CT molecular complexity index is 647. The van der Waals surface area contributed by atoms with Crippen LogP contribution in [0.4, 0.5) is 4.39 Å². The van der Waals surface area contributed by atoms with E-state index in [-0.39, 0.29) is 5.78 Å². The molecule has 0 aliphatic heterocycles. The Morgan fingerprint density at radius 2 is 1.55 bits per heavy atom. The lowest BCUT2D eigenvalue weighted by molar-refractivity contribution is 0.0474. The highest BCUT2D eigenvalue weighted by atomic mass is 19.1. The molecule has 4 nitrogen and oxygen atoms in total. The second-order valence-electron chi connectivity index (χ2n) is 4.46. The number of esters is 1. The lowest BCUT2D eigenvalue weighted by atomic mass is 10.1. The highest BCUT2D eigenvalue weighted by molar-refractivity contribution is 5.99. The molecular weight excluding hydrogens is 287 g/mol. The van der Waals surface area contributed by atoms with Crippen molar-refractivity contribution in [3.63, 3.8) is 0 Å². The number of hydrogen-bond acceptors (Lipinski definition) is 4. The summed E-state index contributed by atoms with van der Waals surface area (Å²) in [6, 6.07) is 11.5. The van der Waals surface area contributed by atoms with E-state index in [0.717, 1.165) is 0 Å². The monoisotopic (exact) mass is 302 g/mol. The van der Waals surface area contributed by atoms with Crippen LogP contribution in [0.1, 0.15) is 27.6 Å². The van der Waals surface area contributed by atoms with E-state index >= 15 is 0 Å². The summed E-state index contributed by atoms with van der Waals surface area (Å²) >= 11 is 0. The van der Waals surface area contributed by atoms with E-state index in [1.807, 2.05) is 6.92 Å². The predicted molar refractivity (Wildman–Crippen MR) is 78.6 cm³/mol. The number of hydrogen-bond donors (Lipinski definition) is 0. The summed E-state index contributed by atoms with van der Waals surface area (Å²) in [5, 5.41) is 0. The van der Waals surface area contributed by atoms with Crippen LogP contribution in [0.15, 0.2) is 48.5 Å². The summed E-state index contributed by atoms with van der Waals surface area (Å²) in [4.78, 5) is 23.6. The number of halogens is 1. The molecule has 0 spiro atoms. The summed E-state index contributed by atoms with van der Waals surface area (Å²) in [5.41, 5.74) is 0.622. The van der Waals surface area contributed by atoms with Gasteiger partial charge in [-0.2, -0.15) is 0 Å². The Morgan fingerprint density at radius 3 is 2.14 bits per heavy atom. The quantitative estimate of drug-likeness (QED) is 0.607. The standard InChI is InChI=1S/C17H15FO4/c1-2-21-15-9-5-13(6-10-15)17(20)22-11-16(19)12-3-7-14(18)8-4-12/h3-10H,2,11H2,1H3. The van der Waals surface area contributed by atoms with Crippen LogP contribution in [0.3, 0.4) is 0 Å². The SMILES string of the molecule is CCOc1ccc(C(=O)OCC(=O)c2ccc(F)cc2)cc1. The zero-order valence-corrected chi connectivity index (χ0v) is 12.0. The molecule has 0 bridgehead atoms. The van der Waals surface area contributed by atoms with Gasteiger partial charge in [-0.15, -0.1) is 0 Å². The fourth-order valence-electron chi connectivity index (χ4n) is 1.79. The lowest BCUT2D eigenvalue weighted by Gasteiger charge is -2.06. The first-order chi connectivity index (χ1) is 10.6. The molecule has 0 atom stereocenters. The van der Waals surface area contributed by atoms with Gasteiger partial charge in [-0.1, -0.05) is 0 Å². The van der Waals surface area contributed by atoms with Gasteiger partial charge >= 0.3 is 5.97 Å². The van der Waals surface area contributed by atoms with E-state index in [1.54, 1.807) is 24.3 Å². The van der Waals surface area contributed by atoms with Gasteiger partial charge in [0, 0.05) is 5.56 Å². The van der Waals surface area contributed by atoms with E-state index in [1.165, 1.54) is 24.3 Å². The maximum Gasteiger partial charge on any atom is 0.338 e. The molecule has 2 rings (SSSR count). The second kappa shape index (κ2) is 7.36. The minimum absolute atomic E-state index is 0.292. The van der Waals surface area contributed by atoms with Crippen LogP contribution >= 0.6 is 0 Å². The largest absolute Gasteiger partial charge is 0.494 e. The Morgan fingerprint density at radius 1 is 0.955 bits per heavy atom. The van der Waals surface area contributed by atoms with Crippen molar-refractivity contribution in [3.8, 4) is 5.75 Å². The average molecular weight is 302 g/mol. The van der Waals surface area contributed by atoms with Gasteiger partial charge in [-0.05, 0) is 55.5 Å². The van der Waals surface area contributed by atoms with E-state index in [0.29, 0.717) is 23.5 Å². The minimum Gasteiger partial charge on any atom is -0.494 e. The topological polar surface area (TPSA) is 52.6 Å². The van der Waals surface area contributed by atoms with Crippen molar-refractivity contribution in [1.82, 2.24) is 0 Å². The van der Waals surface area contributed by atoms with E-state index in [2.05, 4.69) is 0 Å². The van der Waals surface area contributed by atoms with Gasteiger partial charge in [0.1, 0.15) is 11.6 Å². The Balaban J connectivity index is 1.91. The van der Waals surface area contributed by atoms with Gasteiger partial charge in [0.25, 0.3) is 0 Å². The minimum atomic E-state index is -0.599. The summed E-state index contributed by atoms with van der Waals surface area (Å²) in [5.74, 6) is -0.762. The number of Topliss-reactive ketones (excluding diaryl/α,β-unsaturated/α-hetero) is 1. The molecule has 0 N–H and O–H groups in total. The van der Waals surface area contributed by atoms with Gasteiger partial charge in [0.15, 0.2) is 12.4 Å². The van der Waals surface area contributed by atoms with Crippen LogP contribution in [-0.4, -0.2) is 25.0 Å². The maximum absolute atomic E-state index is 12.8. The van der Waals surface area contributed by atoms with E-state index < -0.39 is 18.4 Å². The fraction of sp³-hybridized carbons (Fsp3) is 0.176. The van der Waals surface area contributed by atoms with Crippen LogP contribution in [0, 0.1) is 5.82 Å². The second-order valence-corrected chi connectivity index (χ2v) is 4.46. The van der Waals surface area contributed by atoms with E-state index in [9.17, 15) is 14.0 Å². The molecule has 0 aliphatic carbocycles. The molecule has 22 heavy (non-hydrogen) atoms. The molecule has 0 saturated carbocycles. The number of carbonyl (C=O) groups is 2. The number of benzene rings is 2. The van der Waals surface area contributed by atoms with Crippen molar-refractivity contribution < 1.29 is 23.5 Å². The van der Waals surface area contributed by atoms with Crippen molar-refractivity contribution >= 4 is 11.8 Å². The van der Waals surface area contributed by atoms with Gasteiger partial charge in [-0.25, -0.2) is 9.18 Å². The molecule has 2 aromatic rings. The van der Waals surface area contributed by atoms with Crippen LogP contribution in [-0.2, 0) is 4.74 Å². The smallest absolute Gasteiger partial charge is 0.338 e. The van der Waals surface area contributed by atoms with Crippen molar-refractivity contribution in [2.75, 3.05) is 13.2 Å². The molecule has 0 unspecified atom stereocenters. The van der Waals surface area contributed by atoms with E-state index in [4.69, 9.17) is 9.47 Å². The predicted octanol–water partition coefficient (Wildman–Crippen LogP) is 3.26. The van der Waals surface area contributed by atoms with Gasteiger partial charge in [0.05, 0.1) is 12.2 Å². The van der Waals surface area contributed by atoms with Crippen LogP contribution in [0.25, 0.3) is 0 Å². The van der Waals surface area contributed by atoms with Gasteiger partial charge < -0.3 is 9.47 Å². The average Bonchev–Trinajstić information content (AvgIpc) is 2.54. The highest BCUT2D eigenvalue weighted by Crippen LogP contribution is 2.13. The zero-order chi connectivity index (χ0) is 15.9. The normalized spacial score (nSPS) is 10.1. The molecule has 0 aromatic heterocycles. The van der Waals surface area contributed by atoms with Crippen molar-refractivity contribution in [3.05, 3.63) is 65.5 Å².